The van der Waals surface area contributed by atoms with Crippen LogP contribution in [0.25, 0.3) is 0 Å². The first-order chi connectivity index (χ1) is 9.38. The summed E-state index contributed by atoms with van der Waals surface area (Å²) < 4.78 is 5.46. The van der Waals surface area contributed by atoms with E-state index >= 15 is 0 Å². The van der Waals surface area contributed by atoms with Crippen LogP contribution in [0.5, 0.6) is 11.6 Å². The number of halogens is 3. The van der Waals surface area contributed by atoms with E-state index in [1.807, 2.05) is 0 Å². The minimum absolute atomic E-state index is 0.000225. The Morgan fingerprint density at radius 1 is 1.25 bits per heavy atom. The summed E-state index contributed by atoms with van der Waals surface area (Å²) in [6.07, 6.45) is 1.47. The minimum Gasteiger partial charge on any atom is -0.435 e. The van der Waals surface area contributed by atoms with Crippen molar-refractivity contribution < 1.29 is 9.66 Å². The molecule has 0 radical (unpaired) electrons. The van der Waals surface area contributed by atoms with Crippen LogP contribution in [0, 0.1) is 17.0 Å². The first-order valence-electron chi connectivity index (χ1n) is 5.19. The maximum atomic E-state index is 10.7. The smallest absolute Gasteiger partial charge is 0.272 e. The lowest BCUT2D eigenvalue weighted by Gasteiger charge is -2.10. The molecular weight excluding hydrogens is 328 g/mol. The zero-order valence-corrected chi connectivity index (χ0v) is 12.2. The number of nitro benzene ring substituents is 1. The van der Waals surface area contributed by atoms with Crippen LogP contribution >= 0.6 is 34.8 Å². The van der Waals surface area contributed by atoms with E-state index < -0.39 is 4.92 Å². The first-order valence-corrected chi connectivity index (χ1v) is 6.32. The van der Waals surface area contributed by atoms with E-state index in [1.54, 1.807) is 6.92 Å². The lowest BCUT2D eigenvalue weighted by atomic mass is 10.3. The Bertz CT molecular complexity index is 671. The molecule has 0 saturated carbocycles. The molecule has 0 amide bonds. The van der Waals surface area contributed by atoms with Gasteiger partial charge in [0, 0.05) is 23.9 Å². The molecule has 104 valence electrons. The molecule has 0 spiro atoms. The molecule has 0 N–H and O–H groups in total. The van der Waals surface area contributed by atoms with E-state index in [4.69, 9.17) is 39.5 Å². The average molecular weight is 335 g/mol. The topological polar surface area (TPSA) is 78.2 Å². The monoisotopic (exact) mass is 333 g/mol. The SMILES string of the molecule is Cc1cnc(Cl)nc1Oc1c(Cl)cc([N+](=O)[O-])cc1Cl. The van der Waals surface area contributed by atoms with Crippen molar-refractivity contribution in [1.29, 1.82) is 0 Å². The number of benzene rings is 1. The summed E-state index contributed by atoms with van der Waals surface area (Å²) >= 11 is 17.5. The fraction of sp³-hybridized carbons (Fsp3) is 0.0909. The molecule has 0 bridgehead atoms. The van der Waals surface area contributed by atoms with Gasteiger partial charge in [-0.05, 0) is 18.5 Å². The Morgan fingerprint density at radius 3 is 2.40 bits per heavy atom. The van der Waals surface area contributed by atoms with Crippen molar-refractivity contribution in [2.75, 3.05) is 0 Å². The first kappa shape index (κ1) is 14.8. The Hall–Kier alpha value is -1.63. The molecule has 0 fully saturated rings. The molecule has 0 unspecified atom stereocenters. The molecular formula is C11H6Cl3N3O3. The van der Waals surface area contributed by atoms with Gasteiger partial charge >= 0.3 is 0 Å². The Kier molecular flexibility index (Phi) is 4.27. The number of nitrogens with zero attached hydrogens (tertiary/aromatic N) is 3. The van der Waals surface area contributed by atoms with Crippen LogP contribution in [0.4, 0.5) is 5.69 Å². The lowest BCUT2D eigenvalue weighted by Crippen LogP contribution is -1.96. The molecule has 6 nitrogen and oxygen atoms in total. The van der Waals surface area contributed by atoms with Gasteiger partial charge in [0.25, 0.3) is 5.69 Å². The van der Waals surface area contributed by atoms with Gasteiger partial charge in [-0.3, -0.25) is 10.1 Å². The molecule has 0 saturated heterocycles. The van der Waals surface area contributed by atoms with Crippen LogP contribution in [0.15, 0.2) is 18.3 Å². The molecule has 0 aliphatic heterocycles. The molecule has 9 heteroatoms. The van der Waals surface area contributed by atoms with Gasteiger partial charge in [0.1, 0.15) is 0 Å². The van der Waals surface area contributed by atoms with Crippen molar-refractivity contribution in [2.45, 2.75) is 6.92 Å². The molecule has 1 heterocycles. The average Bonchev–Trinajstić information content (AvgIpc) is 2.37. The zero-order valence-electron chi connectivity index (χ0n) is 9.93. The highest BCUT2D eigenvalue weighted by molar-refractivity contribution is 6.37. The highest BCUT2D eigenvalue weighted by atomic mass is 35.5. The minimum atomic E-state index is -0.603. The van der Waals surface area contributed by atoms with Crippen LogP contribution in [0.1, 0.15) is 5.56 Å². The van der Waals surface area contributed by atoms with Gasteiger partial charge in [0.15, 0.2) is 5.75 Å². The number of rotatable bonds is 3. The van der Waals surface area contributed by atoms with Crippen LogP contribution in [0.3, 0.4) is 0 Å². The summed E-state index contributed by atoms with van der Waals surface area (Å²) in [6.45, 7) is 1.71. The number of hydrogen-bond donors (Lipinski definition) is 0. The molecule has 2 rings (SSSR count). The van der Waals surface area contributed by atoms with Crippen molar-refractivity contribution in [3.63, 3.8) is 0 Å². The van der Waals surface area contributed by atoms with E-state index in [9.17, 15) is 10.1 Å². The fourth-order valence-corrected chi connectivity index (χ4v) is 2.03. The Balaban J connectivity index is 2.44. The van der Waals surface area contributed by atoms with E-state index in [-0.39, 0.29) is 32.6 Å². The third-order valence-electron chi connectivity index (χ3n) is 2.29. The van der Waals surface area contributed by atoms with E-state index in [0.717, 1.165) is 12.1 Å². The van der Waals surface area contributed by atoms with E-state index in [1.165, 1.54) is 6.20 Å². The van der Waals surface area contributed by atoms with Crippen LogP contribution in [-0.2, 0) is 0 Å². The molecule has 0 aliphatic carbocycles. The Morgan fingerprint density at radius 2 is 1.85 bits per heavy atom. The summed E-state index contributed by atoms with van der Waals surface area (Å²) in [7, 11) is 0. The van der Waals surface area contributed by atoms with Crippen molar-refractivity contribution in [3.8, 4) is 11.6 Å². The summed E-state index contributed by atoms with van der Waals surface area (Å²) in [5, 5.41) is 10.7. The van der Waals surface area contributed by atoms with Gasteiger partial charge in [-0.15, -0.1) is 0 Å². The molecule has 0 atom stereocenters. The number of nitro groups is 1. The van der Waals surface area contributed by atoms with Gasteiger partial charge in [-0.2, -0.15) is 4.98 Å². The second-order valence-corrected chi connectivity index (χ2v) is 4.88. The fourth-order valence-electron chi connectivity index (χ4n) is 1.36. The predicted octanol–water partition coefficient (Wildman–Crippen LogP) is 4.45. The maximum Gasteiger partial charge on any atom is 0.272 e. The molecule has 0 aliphatic rings. The highest BCUT2D eigenvalue weighted by Gasteiger charge is 2.17. The van der Waals surface area contributed by atoms with Crippen LogP contribution < -0.4 is 4.74 Å². The standard InChI is InChI=1S/C11H6Cl3N3O3/c1-5-4-15-11(14)16-10(5)20-9-7(12)2-6(17(18)19)3-8(9)13/h2-4H,1H3. The third kappa shape index (κ3) is 3.09. The molecule has 2 aromatic rings. The summed E-state index contributed by atoms with van der Waals surface area (Å²) in [5.74, 6) is 0.236. The van der Waals surface area contributed by atoms with E-state index in [2.05, 4.69) is 9.97 Å². The quantitative estimate of drug-likeness (QED) is 0.471. The van der Waals surface area contributed by atoms with Crippen LogP contribution in [-0.4, -0.2) is 14.9 Å². The van der Waals surface area contributed by atoms with E-state index in [0.29, 0.717) is 5.56 Å². The summed E-state index contributed by atoms with van der Waals surface area (Å²) in [6, 6.07) is 2.28. The molecule has 1 aromatic heterocycles. The predicted molar refractivity (Wildman–Crippen MR) is 75.0 cm³/mol. The van der Waals surface area contributed by atoms with Crippen molar-refractivity contribution in [1.82, 2.24) is 9.97 Å². The van der Waals surface area contributed by atoms with Crippen molar-refractivity contribution in [3.05, 3.63) is 49.3 Å². The number of aryl methyl sites for hydroxylation is 1. The highest BCUT2D eigenvalue weighted by Crippen LogP contribution is 2.39. The van der Waals surface area contributed by atoms with Crippen molar-refractivity contribution in [2.24, 2.45) is 0 Å². The normalized spacial score (nSPS) is 10.4. The van der Waals surface area contributed by atoms with Gasteiger partial charge in [0.05, 0.1) is 15.0 Å². The van der Waals surface area contributed by atoms with Gasteiger partial charge < -0.3 is 4.74 Å². The second kappa shape index (κ2) is 5.78. The van der Waals surface area contributed by atoms with Gasteiger partial charge in [-0.1, -0.05) is 23.2 Å². The Labute approximate surface area is 128 Å². The van der Waals surface area contributed by atoms with Gasteiger partial charge in [-0.25, -0.2) is 4.98 Å². The molecule has 1 aromatic carbocycles. The van der Waals surface area contributed by atoms with Crippen LogP contribution in [0.2, 0.25) is 15.3 Å². The number of non-ortho nitro benzene ring substituents is 1. The lowest BCUT2D eigenvalue weighted by molar-refractivity contribution is -0.384. The largest absolute Gasteiger partial charge is 0.435 e. The molecule has 20 heavy (non-hydrogen) atoms. The maximum absolute atomic E-state index is 10.7. The summed E-state index contributed by atoms with van der Waals surface area (Å²) in [5.41, 5.74) is 0.379. The second-order valence-electron chi connectivity index (χ2n) is 3.72. The van der Waals surface area contributed by atoms with Crippen molar-refractivity contribution >= 4 is 40.5 Å². The number of aromatic nitrogens is 2. The third-order valence-corrected chi connectivity index (χ3v) is 3.03. The van der Waals surface area contributed by atoms with Gasteiger partial charge in [0.2, 0.25) is 11.2 Å². The number of hydrogen-bond acceptors (Lipinski definition) is 5. The summed E-state index contributed by atoms with van der Waals surface area (Å²) in [4.78, 5) is 17.8. The number of ether oxygens (including phenoxy) is 1. The zero-order chi connectivity index (χ0) is 14.9.